The number of carbonyl (C=O) groups excluding carboxylic acids is 1. The van der Waals surface area contributed by atoms with Crippen molar-refractivity contribution in [2.75, 3.05) is 0 Å². The van der Waals surface area contributed by atoms with Crippen molar-refractivity contribution in [3.63, 3.8) is 0 Å². The highest BCUT2D eigenvalue weighted by Crippen LogP contribution is 2.13. The molecule has 0 aromatic heterocycles. The summed E-state index contributed by atoms with van der Waals surface area (Å²) in [4.78, 5) is 10.7. The Hall–Kier alpha value is -1.18. The van der Waals surface area contributed by atoms with Gasteiger partial charge in [0.1, 0.15) is 11.6 Å². The monoisotopic (exact) mass is 180 g/mol. The van der Waals surface area contributed by atoms with Gasteiger partial charge in [0.05, 0.1) is 0 Å². The summed E-state index contributed by atoms with van der Waals surface area (Å²) in [5.74, 6) is -0.0512. The van der Waals surface area contributed by atoms with Crippen molar-refractivity contribution >= 4 is 5.78 Å². The van der Waals surface area contributed by atoms with Gasteiger partial charge in [0.25, 0.3) is 0 Å². The fraction of sp³-hybridized carbons (Fsp3) is 0.364. The Balaban J connectivity index is 2.77. The normalized spacial score (nSPS) is 10.1. The van der Waals surface area contributed by atoms with Gasteiger partial charge in [0, 0.05) is 6.42 Å². The Kier molecular flexibility index (Phi) is 3.18. The highest BCUT2D eigenvalue weighted by atomic mass is 19.1. The molecule has 1 aromatic carbocycles. The summed E-state index contributed by atoms with van der Waals surface area (Å²) >= 11 is 0. The third-order valence-electron chi connectivity index (χ3n) is 2.13. The SMILES string of the molecule is CC(=O)CCc1cccc(F)c1C. The maximum absolute atomic E-state index is 13.0. The van der Waals surface area contributed by atoms with Crippen LogP contribution in [-0.4, -0.2) is 5.78 Å². The second-order valence-electron chi connectivity index (χ2n) is 3.23. The lowest BCUT2D eigenvalue weighted by Gasteiger charge is -2.04. The van der Waals surface area contributed by atoms with Gasteiger partial charge in [0.15, 0.2) is 0 Å². The molecule has 2 heteroatoms. The van der Waals surface area contributed by atoms with Crippen molar-refractivity contribution in [1.82, 2.24) is 0 Å². The molecule has 0 radical (unpaired) electrons. The zero-order chi connectivity index (χ0) is 9.84. The van der Waals surface area contributed by atoms with Crippen molar-refractivity contribution < 1.29 is 9.18 Å². The van der Waals surface area contributed by atoms with E-state index in [0.717, 1.165) is 5.56 Å². The molecule has 0 saturated heterocycles. The van der Waals surface area contributed by atoms with Crippen LogP contribution in [0.2, 0.25) is 0 Å². The maximum atomic E-state index is 13.0. The zero-order valence-electron chi connectivity index (χ0n) is 7.93. The molecule has 0 unspecified atom stereocenters. The number of carbonyl (C=O) groups is 1. The largest absolute Gasteiger partial charge is 0.300 e. The van der Waals surface area contributed by atoms with Crippen LogP contribution in [0.5, 0.6) is 0 Å². The lowest BCUT2D eigenvalue weighted by molar-refractivity contribution is -0.116. The average molecular weight is 180 g/mol. The number of Topliss-reactive ketones (excluding diaryl/α,β-unsaturated/α-hetero) is 1. The van der Waals surface area contributed by atoms with Crippen LogP contribution in [-0.2, 0) is 11.2 Å². The Morgan fingerprint density at radius 1 is 1.46 bits per heavy atom. The van der Waals surface area contributed by atoms with Crippen molar-refractivity contribution in [3.8, 4) is 0 Å². The summed E-state index contributed by atoms with van der Waals surface area (Å²) in [6.45, 7) is 3.29. The Labute approximate surface area is 77.6 Å². The molecule has 0 N–H and O–H groups in total. The summed E-state index contributed by atoms with van der Waals surface area (Å²) in [5, 5.41) is 0. The van der Waals surface area contributed by atoms with E-state index in [0.29, 0.717) is 18.4 Å². The molecule has 13 heavy (non-hydrogen) atoms. The first-order valence-electron chi connectivity index (χ1n) is 4.34. The third-order valence-corrected chi connectivity index (χ3v) is 2.13. The number of aryl methyl sites for hydroxylation is 1. The standard InChI is InChI=1S/C11H13FO/c1-8(13)6-7-10-4-3-5-11(12)9(10)2/h3-5H,6-7H2,1-2H3. The van der Waals surface area contributed by atoms with Crippen LogP contribution < -0.4 is 0 Å². The lowest BCUT2D eigenvalue weighted by Crippen LogP contribution is -1.97. The molecule has 0 aliphatic rings. The quantitative estimate of drug-likeness (QED) is 0.698. The molecule has 0 aliphatic heterocycles. The zero-order valence-corrected chi connectivity index (χ0v) is 7.93. The van der Waals surface area contributed by atoms with E-state index in [1.165, 1.54) is 6.07 Å². The molecule has 0 fully saturated rings. The Bertz CT molecular complexity index is 318. The second-order valence-corrected chi connectivity index (χ2v) is 3.23. The number of halogens is 1. The summed E-state index contributed by atoms with van der Waals surface area (Å²) in [6.07, 6.45) is 1.13. The first kappa shape index (κ1) is 9.90. The van der Waals surface area contributed by atoms with E-state index in [1.807, 2.05) is 6.07 Å². The van der Waals surface area contributed by atoms with E-state index in [1.54, 1.807) is 19.9 Å². The summed E-state index contributed by atoms with van der Waals surface area (Å²) in [6, 6.07) is 4.98. The van der Waals surface area contributed by atoms with Crippen molar-refractivity contribution in [3.05, 3.63) is 35.1 Å². The summed E-state index contributed by atoms with van der Waals surface area (Å²) in [7, 11) is 0. The molecule has 0 aliphatic carbocycles. The maximum Gasteiger partial charge on any atom is 0.130 e. The highest BCUT2D eigenvalue weighted by molar-refractivity contribution is 5.75. The summed E-state index contributed by atoms with van der Waals surface area (Å²) in [5.41, 5.74) is 1.58. The molecule has 0 saturated carbocycles. The lowest BCUT2D eigenvalue weighted by atomic mass is 10.0. The highest BCUT2D eigenvalue weighted by Gasteiger charge is 2.03. The predicted octanol–water partition coefficient (Wildman–Crippen LogP) is 2.66. The van der Waals surface area contributed by atoms with E-state index in [-0.39, 0.29) is 11.6 Å². The molecule has 0 heterocycles. The van der Waals surface area contributed by atoms with Crippen LogP contribution >= 0.6 is 0 Å². The van der Waals surface area contributed by atoms with E-state index in [4.69, 9.17) is 0 Å². The van der Waals surface area contributed by atoms with Gasteiger partial charge in [0.2, 0.25) is 0 Å². The fourth-order valence-corrected chi connectivity index (χ4v) is 1.23. The number of hydrogen-bond acceptors (Lipinski definition) is 1. The minimum atomic E-state index is -0.193. The molecular weight excluding hydrogens is 167 g/mol. The van der Waals surface area contributed by atoms with E-state index >= 15 is 0 Å². The molecule has 1 aromatic rings. The van der Waals surface area contributed by atoms with Crippen LogP contribution in [0.15, 0.2) is 18.2 Å². The molecular formula is C11H13FO. The first-order chi connectivity index (χ1) is 6.11. The number of benzene rings is 1. The van der Waals surface area contributed by atoms with Gasteiger partial charge in [-0.15, -0.1) is 0 Å². The fourth-order valence-electron chi connectivity index (χ4n) is 1.23. The molecule has 0 atom stereocenters. The Morgan fingerprint density at radius 2 is 2.15 bits per heavy atom. The number of ketones is 1. The molecule has 0 spiro atoms. The van der Waals surface area contributed by atoms with Gasteiger partial charge in [-0.1, -0.05) is 12.1 Å². The molecule has 1 nitrogen and oxygen atoms in total. The van der Waals surface area contributed by atoms with Crippen molar-refractivity contribution in [2.45, 2.75) is 26.7 Å². The minimum absolute atomic E-state index is 0.142. The van der Waals surface area contributed by atoms with Gasteiger partial charge >= 0.3 is 0 Å². The van der Waals surface area contributed by atoms with Crippen LogP contribution in [0.25, 0.3) is 0 Å². The topological polar surface area (TPSA) is 17.1 Å². The van der Waals surface area contributed by atoms with Crippen LogP contribution in [0.3, 0.4) is 0 Å². The van der Waals surface area contributed by atoms with Gasteiger partial charge in [-0.25, -0.2) is 4.39 Å². The minimum Gasteiger partial charge on any atom is -0.300 e. The van der Waals surface area contributed by atoms with Gasteiger partial charge < -0.3 is 4.79 Å². The van der Waals surface area contributed by atoms with Gasteiger partial charge in [-0.2, -0.15) is 0 Å². The van der Waals surface area contributed by atoms with E-state index in [9.17, 15) is 9.18 Å². The molecule has 70 valence electrons. The summed E-state index contributed by atoms with van der Waals surface area (Å²) < 4.78 is 13.0. The van der Waals surface area contributed by atoms with Gasteiger partial charge in [-0.05, 0) is 37.5 Å². The third kappa shape index (κ3) is 2.65. The number of rotatable bonds is 3. The smallest absolute Gasteiger partial charge is 0.130 e. The predicted molar refractivity (Wildman–Crippen MR) is 50.1 cm³/mol. The second kappa shape index (κ2) is 4.17. The van der Waals surface area contributed by atoms with Crippen molar-refractivity contribution in [1.29, 1.82) is 0 Å². The number of hydrogen-bond donors (Lipinski definition) is 0. The van der Waals surface area contributed by atoms with Crippen LogP contribution in [0.1, 0.15) is 24.5 Å². The first-order valence-corrected chi connectivity index (χ1v) is 4.34. The molecule has 0 amide bonds. The van der Waals surface area contributed by atoms with Crippen molar-refractivity contribution in [2.24, 2.45) is 0 Å². The van der Waals surface area contributed by atoms with Crippen LogP contribution in [0.4, 0.5) is 4.39 Å². The average Bonchev–Trinajstić information content (AvgIpc) is 2.07. The Morgan fingerprint density at radius 3 is 2.77 bits per heavy atom. The van der Waals surface area contributed by atoms with Gasteiger partial charge in [-0.3, -0.25) is 0 Å². The van der Waals surface area contributed by atoms with Crippen LogP contribution in [0, 0.1) is 12.7 Å². The molecule has 1 rings (SSSR count). The van der Waals surface area contributed by atoms with E-state index < -0.39 is 0 Å². The van der Waals surface area contributed by atoms with E-state index in [2.05, 4.69) is 0 Å². The molecule has 0 bridgehead atoms.